The molecule has 0 aliphatic rings. The maximum Gasteiger partial charge on any atom is 0.421 e. The molecule has 0 spiro atoms. The number of hydrogen-bond acceptors (Lipinski definition) is 5. The van der Waals surface area contributed by atoms with E-state index in [4.69, 9.17) is 9.47 Å². The summed E-state index contributed by atoms with van der Waals surface area (Å²) in [7, 11) is 0. The first-order valence-corrected chi connectivity index (χ1v) is 7.63. The smallest absolute Gasteiger partial charge is 0.421 e. The Bertz CT molecular complexity index is 581. The molecule has 6 nitrogen and oxygen atoms in total. The van der Waals surface area contributed by atoms with E-state index in [-0.39, 0.29) is 44.6 Å². The molecule has 2 aromatic carbocycles. The molecule has 0 unspecified atom stereocenters. The van der Waals surface area contributed by atoms with E-state index in [0.29, 0.717) is 0 Å². The SMILES string of the molecule is Cl.O=C(CCNNC(=O)OCc1ccccc1)OCc1ccccc1. The minimum atomic E-state index is -0.600. The van der Waals surface area contributed by atoms with Gasteiger partial charge in [0.15, 0.2) is 0 Å². The molecule has 0 radical (unpaired) electrons. The van der Waals surface area contributed by atoms with Gasteiger partial charge in [0.05, 0.1) is 6.42 Å². The van der Waals surface area contributed by atoms with Crippen molar-refractivity contribution in [3.63, 3.8) is 0 Å². The zero-order valence-electron chi connectivity index (χ0n) is 13.6. The highest BCUT2D eigenvalue weighted by Crippen LogP contribution is 2.01. The average molecular weight is 365 g/mol. The van der Waals surface area contributed by atoms with Crippen molar-refractivity contribution in [3.05, 3.63) is 71.8 Å². The summed E-state index contributed by atoms with van der Waals surface area (Å²) in [4.78, 5) is 23.0. The Kier molecular flexibility index (Phi) is 9.74. The highest BCUT2D eigenvalue weighted by Gasteiger charge is 2.05. The molecule has 2 aromatic rings. The standard InChI is InChI=1S/C18H20N2O4.ClH/c21-17(23-13-15-7-3-1-4-8-15)11-12-19-20-18(22)24-14-16-9-5-2-6-10-16;/h1-10,19H,11-14H2,(H,20,22);1H. The maximum absolute atomic E-state index is 11.6. The monoisotopic (exact) mass is 364 g/mol. The summed E-state index contributed by atoms with van der Waals surface area (Å²) < 4.78 is 10.1. The normalized spacial score (nSPS) is 9.60. The fourth-order valence-corrected chi connectivity index (χ4v) is 1.87. The molecule has 0 aromatic heterocycles. The highest BCUT2D eigenvalue weighted by molar-refractivity contribution is 5.85. The quantitative estimate of drug-likeness (QED) is 0.428. The number of esters is 1. The van der Waals surface area contributed by atoms with Crippen molar-refractivity contribution in [1.29, 1.82) is 0 Å². The topological polar surface area (TPSA) is 76.7 Å². The molecule has 0 heterocycles. The third kappa shape index (κ3) is 8.74. The second-order valence-electron chi connectivity index (χ2n) is 5.01. The number of carbonyl (C=O) groups excluding carboxylic acids is 2. The van der Waals surface area contributed by atoms with Crippen molar-refractivity contribution >= 4 is 24.5 Å². The summed E-state index contributed by atoms with van der Waals surface area (Å²) >= 11 is 0. The van der Waals surface area contributed by atoms with Crippen molar-refractivity contribution in [1.82, 2.24) is 10.9 Å². The fraction of sp³-hybridized carbons (Fsp3) is 0.222. The van der Waals surface area contributed by atoms with E-state index in [2.05, 4.69) is 10.9 Å². The molecule has 0 aliphatic carbocycles. The molecular weight excluding hydrogens is 344 g/mol. The van der Waals surface area contributed by atoms with Crippen molar-refractivity contribution in [2.75, 3.05) is 6.54 Å². The zero-order chi connectivity index (χ0) is 17.0. The molecule has 0 aliphatic heterocycles. The number of hydrazine groups is 1. The van der Waals surface area contributed by atoms with E-state index in [1.807, 2.05) is 60.7 Å². The number of rotatable bonds is 8. The average Bonchev–Trinajstić information content (AvgIpc) is 2.63. The van der Waals surface area contributed by atoms with Crippen LogP contribution in [0.25, 0.3) is 0 Å². The van der Waals surface area contributed by atoms with Crippen molar-refractivity contribution < 1.29 is 19.1 Å². The Hall–Kier alpha value is -2.57. The van der Waals surface area contributed by atoms with Gasteiger partial charge in [0.2, 0.25) is 0 Å². The Labute approximate surface area is 152 Å². The second-order valence-corrected chi connectivity index (χ2v) is 5.01. The van der Waals surface area contributed by atoms with Gasteiger partial charge in [-0.2, -0.15) is 0 Å². The third-order valence-electron chi connectivity index (χ3n) is 3.10. The first kappa shape index (κ1) is 20.5. The van der Waals surface area contributed by atoms with Gasteiger partial charge in [-0.05, 0) is 11.1 Å². The van der Waals surface area contributed by atoms with Crippen LogP contribution in [-0.2, 0) is 27.5 Å². The van der Waals surface area contributed by atoms with Gasteiger partial charge >= 0.3 is 12.1 Å². The van der Waals surface area contributed by atoms with Crippen LogP contribution in [0.3, 0.4) is 0 Å². The molecule has 1 amide bonds. The van der Waals surface area contributed by atoms with Gasteiger partial charge in [0, 0.05) is 6.54 Å². The molecule has 0 fully saturated rings. The van der Waals surface area contributed by atoms with Crippen LogP contribution in [0.4, 0.5) is 4.79 Å². The van der Waals surface area contributed by atoms with E-state index in [1.54, 1.807) is 0 Å². The number of amides is 1. The number of benzene rings is 2. The van der Waals surface area contributed by atoms with Crippen molar-refractivity contribution in [2.45, 2.75) is 19.6 Å². The Morgan fingerprint density at radius 2 is 1.32 bits per heavy atom. The zero-order valence-corrected chi connectivity index (χ0v) is 14.5. The van der Waals surface area contributed by atoms with Gasteiger partial charge in [0.25, 0.3) is 0 Å². The van der Waals surface area contributed by atoms with Gasteiger partial charge in [-0.15, -0.1) is 12.4 Å². The minimum absolute atomic E-state index is 0. The highest BCUT2D eigenvalue weighted by atomic mass is 35.5. The molecule has 0 saturated carbocycles. The minimum Gasteiger partial charge on any atom is -0.461 e. The van der Waals surface area contributed by atoms with Gasteiger partial charge in [0.1, 0.15) is 13.2 Å². The van der Waals surface area contributed by atoms with Crippen molar-refractivity contribution in [3.8, 4) is 0 Å². The summed E-state index contributed by atoms with van der Waals surface area (Å²) in [6, 6.07) is 18.8. The van der Waals surface area contributed by atoms with E-state index < -0.39 is 6.09 Å². The van der Waals surface area contributed by atoms with Crippen molar-refractivity contribution in [2.24, 2.45) is 0 Å². The van der Waals surface area contributed by atoms with Crippen LogP contribution in [0, 0.1) is 0 Å². The summed E-state index contributed by atoms with van der Waals surface area (Å²) in [6.45, 7) is 0.688. The summed E-state index contributed by atoms with van der Waals surface area (Å²) in [5.74, 6) is -0.342. The molecule has 134 valence electrons. The first-order chi connectivity index (χ1) is 11.7. The molecular formula is C18H21ClN2O4. The lowest BCUT2D eigenvalue weighted by Crippen LogP contribution is -2.39. The molecule has 25 heavy (non-hydrogen) atoms. The molecule has 7 heteroatoms. The summed E-state index contributed by atoms with van der Waals surface area (Å²) in [6.07, 6.45) is -0.456. The number of ether oxygens (including phenoxy) is 2. The lowest BCUT2D eigenvalue weighted by Gasteiger charge is -2.08. The van der Waals surface area contributed by atoms with Gasteiger partial charge in [-0.3, -0.25) is 10.2 Å². The first-order valence-electron chi connectivity index (χ1n) is 7.63. The molecule has 2 N–H and O–H groups in total. The number of halogens is 1. The Morgan fingerprint density at radius 1 is 0.800 bits per heavy atom. The van der Waals surface area contributed by atoms with E-state index in [9.17, 15) is 9.59 Å². The molecule has 0 saturated heterocycles. The van der Waals surface area contributed by atoms with Crippen LogP contribution in [-0.4, -0.2) is 18.6 Å². The fourth-order valence-electron chi connectivity index (χ4n) is 1.87. The Morgan fingerprint density at radius 3 is 1.88 bits per heavy atom. The number of carbonyl (C=O) groups is 2. The summed E-state index contributed by atoms with van der Waals surface area (Å²) in [5.41, 5.74) is 6.82. The van der Waals surface area contributed by atoms with Crippen LogP contribution in [0.5, 0.6) is 0 Å². The molecule has 0 bridgehead atoms. The van der Waals surface area contributed by atoms with Crippen LogP contribution in [0.2, 0.25) is 0 Å². The van der Waals surface area contributed by atoms with Crippen LogP contribution in [0.15, 0.2) is 60.7 Å². The summed E-state index contributed by atoms with van der Waals surface area (Å²) in [5, 5.41) is 0. The van der Waals surface area contributed by atoms with Crippen LogP contribution >= 0.6 is 12.4 Å². The predicted molar refractivity (Wildman–Crippen MR) is 95.9 cm³/mol. The lowest BCUT2D eigenvalue weighted by atomic mass is 10.2. The van der Waals surface area contributed by atoms with Crippen LogP contribution in [0.1, 0.15) is 17.5 Å². The van der Waals surface area contributed by atoms with Gasteiger partial charge < -0.3 is 9.47 Å². The molecule has 0 atom stereocenters. The van der Waals surface area contributed by atoms with Crippen LogP contribution < -0.4 is 10.9 Å². The Balaban J connectivity index is 0.00000312. The number of nitrogens with one attached hydrogen (secondary N) is 2. The van der Waals surface area contributed by atoms with E-state index in [1.165, 1.54) is 0 Å². The van der Waals surface area contributed by atoms with Gasteiger partial charge in [-0.25, -0.2) is 10.2 Å². The lowest BCUT2D eigenvalue weighted by molar-refractivity contribution is -0.144. The largest absolute Gasteiger partial charge is 0.461 e. The van der Waals surface area contributed by atoms with E-state index in [0.717, 1.165) is 11.1 Å². The predicted octanol–water partition coefficient (Wildman–Crippen LogP) is 2.97. The molecule has 2 rings (SSSR count). The van der Waals surface area contributed by atoms with E-state index >= 15 is 0 Å². The third-order valence-corrected chi connectivity index (χ3v) is 3.10. The second kappa shape index (κ2) is 11.9. The number of hydrogen-bond donors (Lipinski definition) is 2. The maximum atomic E-state index is 11.6. The van der Waals surface area contributed by atoms with Gasteiger partial charge in [-0.1, -0.05) is 60.7 Å².